The number of fused-ring (bicyclic) bond motifs is 1. The van der Waals surface area contributed by atoms with Gasteiger partial charge in [-0.1, -0.05) is 48.5 Å². The number of rotatable bonds is 5. The molecule has 5 nitrogen and oxygen atoms in total. The Balaban J connectivity index is 1.69. The van der Waals surface area contributed by atoms with Crippen molar-refractivity contribution in [3.8, 4) is 11.5 Å². The van der Waals surface area contributed by atoms with E-state index in [1.165, 1.54) is 6.21 Å². The lowest BCUT2D eigenvalue weighted by Gasteiger charge is -2.12. The summed E-state index contributed by atoms with van der Waals surface area (Å²) in [6.07, 6.45) is 0.741. The molecular formula is C20H18N2O3. The number of benzene rings is 3. The number of hydrazone groups is 1. The average molecular weight is 334 g/mol. The predicted molar refractivity (Wildman–Crippen MR) is 97.9 cm³/mol. The summed E-state index contributed by atoms with van der Waals surface area (Å²) < 4.78 is 5.54. The standard InChI is InChI=1S/C20H18N2O3/c1-14(25-16-8-3-2-4-9-16)20(24)22-21-13-18-17-10-6-5-7-15(17)11-12-19(18)23/h2-14,23H,1H3,(H,22,24)/t14-/m0/s1. The molecule has 0 heterocycles. The Hall–Kier alpha value is -3.34. The van der Waals surface area contributed by atoms with Crippen molar-refractivity contribution in [2.75, 3.05) is 0 Å². The van der Waals surface area contributed by atoms with E-state index in [1.54, 1.807) is 25.1 Å². The van der Waals surface area contributed by atoms with E-state index in [-0.39, 0.29) is 11.7 Å². The molecular weight excluding hydrogens is 316 g/mol. The molecule has 25 heavy (non-hydrogen) atoms. The van der Waals surface area contributed by atoms with Crippen LogP contribution in [0.2, 0.25) is 0 Å². The lowest BCUT2D eigenvalue weighted by Crippen LogP contribution is -2.33. The third kappa shape index (κ3) is 3.95. The third-order valence-electron chi connectivity index (χ3n) is 3.74. The number of nitrogens with zero attached hydrogens (tertiary/aromatic N) is 1. The van der Waals surface area contributed by atoms with Crippen molar-refractivity contribution in [2.45, 2.75) is 13.0 Å². The van der Waals surface area contributed by atoms with E-state index in [9.17, 15) is 9.90 Å². The fourth-order valence-electron chi connectivity index (χ4n) is 2.43. The van der Waals surface area contributed by atoms with E-state index < -0.39 is 6.10 Å². The van der Waals surface area contributed by atoms with Crippen molar-refractivity contribution in [1.29, 1.82) is 0 Å². The summed E-state index contributed by atoms with van der Waals surface area (Å²) in [4.78, 5) is 12.1. The number of ether oxygens (including phenoxy) is 1. The molecule has 0 saturated heterocycles. The second kappa shape index (κ2) is 7.49. The van der Waals surface area contributed by atoms with Gasteiger partial charge < -0.3 is 9.84 Å². The highest BCUT2D eigenvalue weighted by molar-refractivity contribution is 6.02. The first kappa shape index (κ1) is 16.5. The first-order valence-electron chi connectivity index (χ1n) is 7.90. The number of amides is 1. The maximum absolute atomic E-state index is 12.1. The molecule has 2 N–H and O–H groups in total. The molecule has 0 aliphatic heterocycles. The molecule has 0 aliphatic carbocycles. The van der Waals surface area contributed by atoms with Crippen LogP contribution in [0.1, 0.15) is 12.5 Å². The summed E-state index contributed by atoms with van der Waals surface area (Å²) in [5.74, 6) is 0.339. The first-order chi connectivity index (χ1) is 12.1. The van der Waals surface area contributed by atoms with Gasteiger partial charge in [-0.2, -0.15) is 5.10 Å². The molecule has 0 bridgehead atoms. The molecule has 0 radical (unpaired) electrons. The van der Waals surface area contributed by atoms with E-state index in [1.807, 2.05) is 48.5 Å². The lowest BCUT2D eigenvalue weighted by molar-refractivity contribution is -0.127. The number of phenolic OH excluding ortho intramolecular Hbond substituents is 1. The Bertz CT molecular complexity index is 907. The quantitative estimate of drug-likeness (QED) is 0.554. The highest BCUT2D eigenvalue weighted by Gasteiger charge is 2.13. The molecule has 1 amide bonds. The van der Waals surface area contributed by atoms with Crippen molar-refractivity contribution >= 4 is 22.9 Å². The zero-order chi connectivity index (χ0) is 17.6. The fraction of sp³-hybridized carbons (Fsp3) is 0.100. The number of phenols is 1. The Morgan fingerprint density at radius 3 is 2.60 bits per heavy atom. The fourth-order valence-corrected chi connectivity index (χ4v) is 2.43. The molecule has 0 unspecified atom stereocenters. The number of hydrogen-bond acceptors (Lipinski definition) is 4. The second-order valence-electron chi connectivity index (χ2n) is 5.53. The minimum Gasteiger partial charge on any atom is -0.507 e. The van der Waals surface area contributed by atoms with Crippen LogP contribution in [-0.4, -0.2) is 23.3 Å². The van der Waals surface area contributed by atoms with E-state index in [0.29, 0.717) is 11.3 Å². The van der Waals surface area contributed by atoms with Crippen LogP contribution < -0.4 is 10.2 Å². The molecule has 3 rings (SSSR count). The Morgan fingerprint density at radius 2 is 1.80 bits per heavy atom. The predicted octanol–water partition coefficient (Wildman–Crippen LogP) is 3.46. The highest BCUT2D eigenvalue weighted by Crippen LogP contribution is 2.25. The third-order valence-corrected chi connectivity index (χ3v) is 3.74. The van der Waals surface area contributed by atoms with Gasteiger partial charge in [0.25, 0.3) is 5.91 Å². The minimum absolute atomic E-state index is 0.102. The first-order valence-corrected chi connectivity index (χ1v) is 7.90. The number of hydrogen-bond donors (Lipinski definition) is 2. The van der Waals surface area contributed by atoms with Gasteiger partial charge >= 0.3 is 0 Å². The van der Waals surface area contributed by atoms with Crippen molar-refractivity contribution in [1.82, 2.24) is 5.43 Å². The molecule has 3 aromatic rings. The van der Waals surface area contributed by atoms with Crippen LogP contribution in [0.25, 0.3) is 10.8 Å². The molecule has 0 aliphatic rings. The van der Waals surface area contributed by atoms with Crippen LogP contribution in [0.4, 0.5) is 0 Å². The number of para-hydroxylation sites is 1. The topological polar surface area (TPSA) is 70.9 Å². The second-order valence-corrected chi connectivity index (χ2v) is 5.53. The van der Waals surface area contributed by atoms with Crippen LogP contribution >= 0.6 is 0 Å². The van der Waals surface area contributed by atoms with Gasteiger partial charge in [0, 0.05) is 5.56 Å². The molecule has 0 fully saturated rings. The highest BCUT2D eigenvalue weighted by atomic mass is 16.5. The zero-order valence-electron chi connectivity index (χ0n) is 13.7. The number of carbonyl (C=O) groups is 1. The van der Waals surface area contributed by atoms with Crippen LogP contribution in [0, 0.1) is 0 Å². The average Bonchev–Trinajstić information content (AvgIpc) is 2.64. The van der Waals surface area contributed by atoms with Crippen molar-refractivity contribution in [2.24, 2.45) is 5.10 Å². The summed E-state index contributed by atoms with van der Waals surface area (Å²) in [6, 6.07) is 20.2. The Kier molecular flexibility index (Phi) is 4.95. The summed E-state index contributed by atoms with van der Waals surface area (Å²) in [5.41, 5.74) is 2.99. The molecule has 0 spiro atoms. The number of carbonyl (C=O) groups excluding carboxylic acids is 1. The molecule has 1 atom stereocenters. The summed E-state index contributed by atoms with van der Waals surface area (Å²) >= 11 is 0. The molecule has 126 valence electrons. The van der Waals surface area contributed by atoms with E-state index in [4.69, 9.17) is 4.74 Å². The maximum Gasteiger partial charge on any atom is 0.280 e. The van der Waals surface area contributed by atoms with Gasteiger partial charge in [0.2, 0.25) is 0 Å². The minimum atomic E-state index is -0.694. The number of nitrogens with one attached hydrogen (secondary N) is 1. The van der Waals surface area contributed by atoms with E-state index in [0.717, 1.165) is 10.8 Å². The van der Waals surface area contributed by atoms with Crippen LogP contribution in [-0.2, 0) is 4.79 Å². The van der Waals surface area contributed by atoms with Gasteiger partial charge in [-0.25, -0.2) is 5.43 Å². The monoisotopic (exact) mass is 334 g/mol. The Morgan fingerprint density at radius 1 is 1.08 bits per heavy atom. The molecule has 3 aromatic carbocycles. The normalized spacial score (nSPS) is 12.2. The largest absolute Gasteiger partial charge is 0.507 e. The van der Waals surface area contributed by atoms with Gasteiger partial charge in [-0.05, 0) is 35.9 Å². The molecule has 0 aromatic heterocycles. The van der Waals surface area contributed by atoms with Crippen molar-refractivity contribution < 1.29 is 14.6 Å². The maximum atomic E-state index is 12.1. The lowest BCUT2D eigenvalue weighted by atomic mass is 10.0. The molecule has 0 saturated carbocycles. The van der Waals surface area contributed by atoms with Crippen LogP contribution in [0.15, 0.2) is 71.8 Å². The van der Waals surface area contributed by atoms with Crippen molar-refractivity contribution in [3.63, 3.8) is 0 Å². The van der Waals surface area contributed by atoms with Gasteiger partial charge in [0.05, 0.1) is 6.21 Å². The van der Waals surface area contributed by atoms with Gasteiger partial charge in [0.15, 0.2) is 6.10 Å². The summed E-state index contributed by atoms with van der Waals surface area (Å²) in [7, 11) is 0. The van der Waals surface area contributed by atoms with Gasteiger partial charge in [-0.3, -0.25) is 4.79 Å². The SMILES string of the molecule is C[C@H](Oc1ccccc1)C(=O)NN=Cc1c(O)ccc2ccccc12. The van der Waals surface area contributed by atoms with Gasteiger partial charge in [0.1, 0.15) is 11.5 Å². The molecule has 5 heteroatoms. The summed E-state index contributed by atoms with van der Waals surface area (Å²) in [5, 5.41) is 15.8. The van der Waals surface area contributed by atoms with Crippen molar-refractivity contribution in [3.05, 3.63) is 72.3 Å². The van der Waals surface area contributed by atoms with E-state index in [2.05, 4.69) is 10.5 Å². The van der Waals surface area contributed by atoms with Crippen LogP contribution in [0.5, 0.6) is 11.5 Å². The Labute approximate surface area is 145 Å². The summed E-state index contributed by atoms with van der Waals surface area (Å²) in [6.45, 7) is 1.65. The van der Waals surface area contributed by atoms with Crippen LogP contribution in [0.3, 0.4) is 0 Å². The number of aromatic hydroxyl groups is 1. The zero-order valence-corrected chi connectivity index (χ0v) is 13.7. The van der Waals surface area contributed by atoms with E-state index >= 15 is 0 Å². The smallest absolute Gasteiger partial charge is 0.280 e. The van der Waals surface area contributed by atoms with Gasteiger partial charge in [-0.15, -0.1) is 0 Å².